The molecule has 3 aliphatic rings. The zero-order chi connectivity index (χ0) is 17.4. The molecule has 0 amide bonds. The van der Waals surface area contributed by atoms with E-state index in [0.717, 1.165) is 31.6 Å². The molecule has 4 rings (SSSR count). The zero-order valence-electron chi connectivity index (χ0n) is 15.0. The highest BCUT2D eigenvalue weighted by Gasteiger charge is 2.47. The smallest absolute Gasteiger partial charge is 0.243 e. The second kappa shape index (κ2) is 6.99. The van der Waals surface area contributed by atoms with Crippen molar-refractivity contribution in [2.75, 3.05) is 19.6 Å². The van der Waals surface area contributed by atoms with Crippen LogP contribution in [0, 0.1) is 0 Å². The summed E-state index contributed by atoms with van der Waals surface area (Å²) < 4.78 is 27.7. The summed E-state index contributed by atoms with van der Waals surface area (Å²) in [5.74, 6) is 0. The minimum atomic E-state index is -3.36. The van der Waals surface area contributed by atoms with Crippen LogP contribution in [0.4, 0.5) is 0 Å². The molecule has 2 saturated heterocycles. The van der Waals surface area contributed by atoms with Crippen LogP contribution in [0.5, 0.6) is 0 Å². The molecule has 0 radical (unpaired) electrons. The van der Waals surface area contributed by atoms with E-state index in [-0.39, 0.29) is 6.04 Å². The number of likely N-dealkylation sites (tertiary alicyclic amines) is 1. The Bertz CT molecular complexity index is 698. The van der Waals surface area contributed by atoms with Crippen LogP contribution in [0.3, 0.4) is 0 Å². The Morgan fingerprint density at radius 1 is 1.08 bits per heavy atom. The fourth-order valence-corrected chi connectivity index (χ4v) is 6.37. The zero-order valence-corrected chi connectivity index (χ0v) is 15.8. The minimum Gasteiger partial charge on any atom is -0.310 e. The van der Waals surface area contributed by atoms with Crippen molar-refractivity contribution in [2.24, 2.45) is 0 Å². The van der Waals surface area contributed by atoms with Gasteiger partial charge >= 0.3 is 0 Å². The summed E-state index contributed by atoms with van der Waals surface area (Å²) in [6.07, 6.45) is 6.15. The molecule has 1 N–H and O–H groups in total. The predicted octanol–water partition coefficient (Wildman–Crippen LogP) is 2.19. The molecular formula is C19H29N3O2S. The molecule has 5 nitrogen and oxygen atoms in total. The lowest BCUT2D eigenvalue weighted by molar-refractivity contribution is 0.190. The molecule has 1 aliphatic carbocycles. The Morgan fingerprint density at radius 3 is 2.40 bits per heavy atom. The first-order valence-corrected chi connectivity index (χ1v) is 11.1. The monoisotopic (exact) mass is 363 g/mol. The molecule has 3 fully saturated rings. The standard InChI is InChI=1S/C19H29N3O2S/c1-2-21-13-18-11-17(21)14-22(18)25(23,24)19-9-7-15(8-10-19)12-20-16-5-3-4-6-16/h7-10,16-18,20H,2-6,11-14H2,1H3. The lowest BCUT2D eigenvalue weighted by Crippen LogP contribution is -2.48. The Morgan fingerprint density at radius 2 is 1.80 bits per heavy atom. The topological polar surface area (TPSA) is 52.7 Å². The van der Waals surface area contributed by atoms with Gasteiger partial charge in [-0.2, -0.15) is 4.31 Å². The van der Waals surface area contributed by atoms with Gasteiger partial charge < -0.3 is 5.32 Å². The van der Waals surface area contributed by atoms with Crippen LogP contribution >= 0.6 is 0 Å². The number of nitrogens with one attached hydrogen (secondary N) is 1. The van der Waals surface area contributed by atoms with Crippen LogP contribution in [0.1, 0.15) is 44.6 Å². The third-order valence-corrected chi connectivity index (χ3v) is 8.12. The molecule has 2 unspecified atom stereocenters. The summed E-state index contributed by atoms with van der Waals surface area (Å²) in [7, 11) is -3.36. The number of likely N-dealkylation sites (N-methyl/N-ethyl adjacent to an activating group) is 1. The van der Waals surface area contributed by atoms with E-state index in [0.29, 0.717) is 23.5 Å². The van der Waals surface area contributed by atoms with E-state index in [9.17, 15) is 8.42 Å². The van der Waals surface area contributed by atoms with Gasteiger partial charge in [-0.15, -0.1) is 0 Å². The number of hydrogen-bond acceptors (Lipinski definition) is 4. The van der Waals surface area contributed by atoms with Crippen molar-refractivity contribution in [3.63, 3.8) is 0 Å². The maximum Gasteiger partial charge on any atom is 0.243 e. The lowest BCUT2D eigenvalue weighted by atomic mass is 10.2. The van der Waals surface area contributed by atoms with Gasteiger partial charge in [0.15, 0.2) is 0 Å². The third kappa shape index (κ3) is 3.37. The van der Waals surface area contributed by atoms with Gasteiger partial charge in [0.1, 0.15) is 0 Å². The Labute approximate surface area is 151 Å². The van der Waals surface area contributed by atoms with Crippen LogP contribution < -0.4 is 5.32 Å². The van der Waals surface area contributed by atoms with Crippen LogP contribution in [-0.2, 0) is 16.6 Å². The number of piperazine rings is 1. The number of hydrogen-bond donors (Lipinski definition) is 1. The number of sulfonamides is 1. The Hall–Kier alpha value is -0.950. The summed E-state index contributed by atoms with van der Waals surface area (Å²) in [5, 5.41) is 3.58. The number of benzene rings is 1. The first kappa shape index (κ1) is 17.5. The maximum absolute atomic E-state index is 13.0. The lowest BCUT2D eigenvalue weighted by Gasteiger charge is -2.32. The summed E-state index contributed by atoms with van der Waals surface area (Å²) in [4.78, 5) is 2.83. The molecule has 0 aromatic heterocycles. The van der Waals surface area contributed by atoms with E-state index in [4.69, 9.17) is 0 Å². The van der Waals surface area contributed by atoms with Gasteiger partial charge in [0.05, 0.1) is 4.90 Å². The molecule has 138 valence electrons. The van der Waals surface area contributed by atoms with Crippen molar-refractivity contribution < 1.29 is 8.42 Å². The summed E-state index contributed by atoms with van der Waals surface area (Å²) >= 11 is 0. The first-order chi connectivity index (χ1) is 12.1. The average Bonchev–Trinajstić information content (AvgIpc) is 3.36. The molecule has 6 heteroatoms. The minimum absolute atomic E-state index is 0.152. The van der Waals surface area contributed by atoms with Crippen LogP contribution in [0.2, 0.25) is 0 Å². The first-order valence-electron chi connectivity index (χ1n) is 9.66. The van der Waals surface area contributed by atoms with Crippen LogP contribution in [0.15, 0.2) is 29.2 Å². The van der Waals surface area contributed by atoms with E-state index in [1.54, 1.807) is 16.4 Å². The van der Waals surface area contributed by atoms with Gasteiger partial charge in [0.25, 0.3) is 0 Å². The predicted molar refractivity (Wildman–Crippen MR) is 98.9 cm³/mol. The largest absolute Gasteiger partial charge is 0.310 e. The van der Waals surface area contributed by atoms with Crippen molar-refractivity contribution in [3.8, 4) is 0 Å². The second-order valence-corrected chi connectivity index (χ2v) is 9.60. The van der Waals surface area contributed by atoms with Gasteiger partial charge in [-0.1, -0.05) is 31.9 Å². The van der Waals surface area contributed by atoms with Gasteiger partial charge in [-0.25, -0.2) is 8.42 Å². The second-order valence-electron chi connectivity index (χ2n) is 7.71. The summed E-state index contributed by atoms with van der Waals surface area (Å²) in [6.45, 7) is 5.51. The van der Waals surface area contributed by atoms with E-state index in [1.165, 1.54) is 25.7 Å². The third-order valence-electron chi connectivity index (χ3n) is 6.19. The normalized spacial score (nSPS) is 28.2. The maximum atomic E-state index is 13.0. The molecule has 2 heterocycles. The number of fused-ring (bicyclic) bond motifs is 2. The molecule has 1 saturated carbocycles. The van der Waals surface area contributed by atoms with E-state index >= 15 is 0 Å². The average molecular weight is 364 g/mol. The Kier molecular flexibility index (Phi) is 4.88. The molecule has 25 heavy (non-hydrogen) atoms. The molecular weight excluding hydrogens is 334 g/mol. The quantitative estimate of drug-likeness (QED) is 0.842. The van der Waals surface area contributed by atoms with Crippen LogP contribution in [-0.4, -0.2) is 55.4 Å². The highest BCUT2D eigenvalue weighted by atomic mass is 32.2. The number of rotatable bonds is 6. The highest BCUT2D eigenvalue weighted by molar-refractivity contribution is 7.89. The van der Waals surface area contributed by atoms with Crippen molar-refractivity contribution in [1.82, 2.24) is 14.5 Å². The summed E-state index contributed by atoms with van der Waals surface area (Å²) in [5.41, 5.74) is 1.16. The van der Waals surface area contributed by atoms with Gasteiger partial charge in [-0.05, 0) is 43.5 Å². The van der Waals surface area contributed by atoms with E-state index in [1.807, 2.05) is 12.1 Å². The van der Waals surface area contributed by atoms with E-state index in [2.05, 4.69) is 17.1 Å². The molecule has 2 atom stereocenters. The van der Waals surface area contributed by atoms with Crippen molar-refractivity contribution in [2.45, 2.75) is 68.6 Å². The van der Waals surface area contributed by atoms with Crippen molar-refractivity contribution >= 4 is 10.0 Å². The Balaban J connectivity index is 1.41. The van der Waals surface area contributed by atoms with Crippen molar-refractivity contribution in [1.29, 1.82) is 0 Å². The van der Waals surface area contributed by atoms with Gasteiger partial charge in [0.2, 0.25) is 10.0 Å². The summed E-state index contributed by atoms with van der Waals surface area (Å²) in [6, 6.07) is 8.67. The highest BCUT2D eigenvalue weighted by Crippen LogP contribution is 2.34. The fraction of sp³-hybridized carbons (Fsp3) is 0.684. The van der Waals surface area contributed by atoms with Crippen LogP contribution in [0.25, 0.3) is 0 Å². The molecule has 2 aliphatic heterocycles. The fourth-order valence-electron chi connectivity index (χ4n) is 4.70. The van der Waals surface area contributed by atoms with E-state index < -0.39 is 10.0 Å². The van der Waals surface area contributed by atoms with Crippen molar-refractivity contribution in [3.05, 3.63) is 29.8 Å². The van der Waals surface area contributed by atoms with Gasteiger partial charge in [-0.3, -0.25) is 4.90 Å². The molecule has 0 spiro atoms. The number of nitrogens with zero attached hydrogens (tertiary/aromatic N) is 2. The van der Waals surface area contributed by atoms with Gasteiger partial charge in [0, 0.05) is 37.8 Å². The molecule has 1 aromatic rings. The SMILES string of the molecule is CCN1CC2CC1CN2S(=O)(=O)c1ccc(CNC2CCCC2)cc1. The molecule has 1 aromatic carbocycles. The molecule has 2 bridgehead atoms.